The first-order valence-corrected chi connectivity index (χ1v) is 16.9. The Bertz CT molecular complexity index is 2170. The molecule has 0 spiro atoms. The number of fused-ring (bicyclic) bond motifs is 3. The van der Waals surface area contributed by atoms with E-state index in [2.05, 4.69) is 38.8 Å². The zero-order chi connectivity index (χ0) is 36.2. The van der Waals surface area contributed by atoms with Crippen LogP contribution in [0.4, 0.5) is 17.3 Å². The van der Waals surface area contributed by atoms with Crippen molar-refractivity contribution >= 4 is 35.1 Å². The van der Waals surface area contributed by atoms with E-state index < -0.39 is 11.5 Å². The Hall–Kier alpha value is -5.79. The van der Waals surface area contributed by atoms with E-state index in [1.807, 2.05) is 19.9 Å². The van der Waals surface area contributed by atoms with E-state index in [0.29, 0.717) is 65.1 Å². The van der Waals surface area contributed by atoms with Crippen LogP contribution in [0.15, 0.2) is 59.5 Å². The summed E-state index contributed by atoms with van der Waals surface area (Å²) in [6, 6.07) is 8.44. The minimum absolute atomic E-state index is 0.133. The molecule has 3 aliphatic rings. The standard InChI is InChI=1S/C37H40N8O6/c1-21-18-50-19-22(2)45(21)34(47)24-7-8-32(39-17-24)40-29-14-28(41-42(6)35(29)48)26-9-10-38-33(27(26)20-51-23(3)46)44-12-11-43-30(36(44)49)13-25-15-37(4,5)16-31(25)43/h7-10,13-14,17-18,22H,11-12,15-16,19-20H2,1-6H3,(H,39,40)/t22-/m0/s1. The molecule has 264 valence electrons. The van der Waals surface area contributed by atoms with Crippen LogP contribution in [0.5, 0.6) is 0 Å². The Balaban J connectivity index is 1.20. The first kappa shape index (κ1) is 33.7. The van der Waals surface area contributed by atoms with Gasteiger partial charge in [-0.1, -0.05) is 13.8 Å². The predicted octanol–water partition coefficient (Wildman–Crippen LogP) is 4.35. The monoisotopic (exact) mass is 692 g/mol. The highest BCUT2D eigenvalue weighted by atomic mass is 16.5. The number of amides is 2. The number of anilines is 3. The van der Waals surface area contributed by atoms with Gasteiger partial charge >= 0.3 is 5.97 Å². The van der Waals surface area contributed by atoms with Crippen LogP contribution in [-0.2, 0) is 47.3 Å². The summed E-state index contributed by atoms with van der Waals surface area (Å²) in [7, 11) is 1.53. The third-order valence-corrected chi connectivity index (χ3v) is 9.58. The highest BCUT2D eigenvalue weighted by molar-refractivity contribution is 6.06. The van der Waals surface area contributed by atoms with Gasteiger partial charge in [-0.3, -0.25) is 24.1 Å². The molecule has 6 heterocycles. The molecular formula is C37H40N8O6. The van der Waals surface area contributed by atoms with Gasteiger partial charge in [0.05, 0.1) is 23.0 Å². The first-order chi connectivity index (χ1) is 24.3. The van der Waals surface area contributed by atoms with Gasteiger partial charge in [-0.15, -0.1) is 0 Å². The third kappa shape index (κ3) is 6.26. The molecular weight excluding hydrogens is 652 g/mol. The molecule has 1 N–H and O–H groups in total. The van der Waals surface area contributed by atoms with Gasteiger partial charge in [-0.25, -0.2) is 14.6 Å². The summed E-state index contributed by atoms with van der Waals surface area (Å²) in [5, 5.41) is 7.59. The lowest BCUT2D eigenvalue weighted by Crippen LogP contribution is -2.42. The maximum Gasteiger partial charge on any atom is 0.302 e. The minimum Gasteiger partial charge on any atom is -0.497 e. The number of aromatic nitrogens is 5. The number of allylic oxidation sites excluding steroid dienone is 1. The zero-order valence-corrected chi connectivity index (χ0v) is 29.5. The van der Waals surface area contributed by atoms with Crippen molar-refractivity contribution in [2.75, 3.05) is 23.4 Å². The number of carbonyl (C=O) groups excluding carboxylic acids is 3. The van der Waals surface area contributed by atoms with Crippen LogP contribution in [0, 0.1) is 5.41 Å². The van der Waals surface area contributed by atoms with Crippen LogP contribution in [0.3, 0.4) is 0 Å². The number of esters is 1. The van der Waals surface area contributed by atoms with Crippen molar-refractivity contribution in [1.82, 2.24) is 29.2 Å². The average Bonchev–Trinajstić information content (AvgIpc) is 3.58. The smallest absolute Gasteiger partial charge is 0.302 e. The molecule has 4 aromatic rings. The maximum atomic E-state index is 14.0. The molecule has 51 heavy (non-hydrogen) atoms. The molecule has 0 aromatic carbocycles. The lowest BCUT2D eigenvalue weighted by Gasteiger charge is -2.32. The van der Waals surface area contributed by atoms with E-state index >= 15 is 0 Å². The molecule has 14 nitrogen and oxygen atoms in total. The summed E-state index contributed by atoms with van der Waals surface area (Å²) >= 11 is 0. The Morgan fingerprint density at radius 3 is 2.63 bits per heavy atom. The Morgan fingerprint density at radius 1 is 1.10 bits per heavy atom. The highest BCUT2D eigenvalue weighted by Crippen LogP contribution is 2.40. The molecule has 0 radical (unpaired) electrons. The van der Waals surface area contributed by atoms with Gasteiger partial charge in [0.2, 0.25) is 0 Å². The number of hydrogen-bond donors (Lipinski definition) is 1. The second kappa shape index (κ2) is 12.8. The Kier molecular flexibility index (Phi) is 8.48. The number of nitrogens with zero attached hydrogens (tertiary/aromatic N) is 7. The van der Waals surface area contributed by atoms with E-state index in [1.54, 1.807) is 46.5 Å². The highest BCUT2D eigenvalue weighted by Gasteiger charge is 2.38. The van der Waals surface area contributed by atoms with Crippen molar-refractivity contribution in [3.8, 4) is 11.3 Å². The molecule has 0 unspecified atom stereocenters. The van der Waals surface area contributed by atoms with Crippen LogP contribution in [0.25, 0.3) is 11.3 Å². The van der Waals surface area contributed by atoms with Gasteiger partial charge in [-0.2, -0.15) is 5.10 Å². The summed E-state index contributed by atoms with van der Waals surface area (Å²) in [5.74, 6) is -0.177. The van der Waals surface area contributed by atoms with E-state index in [-0.39, 0.29) is 35.6 Å². The number of aryl methyl sites for hydroxylation is 1. The second-order valence-electron chi connectivity index (χ2n) is 14.1. The van der Waals surface area contributed by atoms with Gasteiger partial charge < -0.3 is 24.3 Å². The lowest BCUT2D eigenvalue weighted by atomic mass is 9.90. The predicted molar refractivity (Wildman–Crippen MR) is 188 cm³/mol. The van der Waals surface area contributed by atoms with Crippen molar-refractivity contribution in [3.05, 3.63) is 93.1 Å². The normalized spacial score (nSPS) is 17.7. The fourth-order valence-electron chi connectivity index (χ4n) is 7.23. The lowest BCUT2D eigenvalue weighted by molar-refractivity contribution is -0.142. The summed E-state index contributed by atoms with van der Waals surface area (Å²) in [6.45, 7) is 10.7. The van der Waals surface area contributed by atoms with Gasteiger partial charge in [0.25, 0.3) is 17.4 Å². The Morgan fingerprint density at radius 2 is 1.90 bits per heavy atom. The third-order valence-electron chi connectivity index (χ3n) is 9.58. The van der Waals surface area contributed by atoms with Crippen LogP contribution >= 0.6 is 0 Å². The van der Waals surface area contributed by atoms with E-state index in [4.69, 9.17) is 9.47 Å². The molecule has 14 heteroatoms. The summed E-state index contributed by atoms with van der Waals surface area (Å²) in [6.07, 6.45) is 6.43. The van der Waals surface area contributed by atoms with Crippen LogP contribution in [0.1, 0.15) is 72.3 Å². The molecule has 0 saturated heterocycles. The van der Waals surface area contributed by atoms with E-state index in [1.165, 1.54) is 36.1 Å². The van der Waals surface area contributed by atoms with Gasteiger partial charge in [-0.05, 0) is 68.0 Å². The molecule has 7 rings (SSSR count). The second-order valence-corrected chi connectivity index (χ2v) is 14.1. The number of hydrogen-bond acceptors (Lipinski definition) is 10. The number of carbonyl (C=O) groups is 3. The average molecular weight is 693 g/mol. The van der Waals surface area contributed by atoms with Crippen molar-refractivity contribution in [2.45, 2.75) is 66.7 Å². The SMILES string of the molecule is CC(=O)OCc1c(-c2cc(Nc3ccc(C(=O)N4C(C)=COC[C@@H]4C)cn3)c(=O)n(C)n2)ccnc1N1CCn2c(cc3c2CC(C)(C)C3)C1=O. The largest absolute Gasteiger partial charge is 0.497 e. The number of rotatable bonds is 7. The van der Waals surface area contributed by atoms with E-state index in [0.717, 1.165) is 12.8 Å². The van der Waals surface area contributed by atoms with Crippen LogP contribution < -0.4 is 15.8 Å². The van der Waals surface area contributed by atoms with Crippen LogP contribution in [-0.4, -0.2) is 66.2 Å². The summed E-state index contributed by atoms with van der Waals surface area (Å²) < 4.78 is 14.2. The first-order valence-electron chi connectivity index (χ1n) is 16.9. The van der Waals surface area contributed by atoms with Gasteiger partial charge in [0.1, 0.15) is 42.5 Å². The molecule has 2 amide bonds. The van der Waals surface area contributed by atoms with Crippen molar-refractivity contribution in [1.29, 1.82) is 0 Å². The van der Waals surface area contributed by atoms with Crippen molar-refractivity contribution in [3.63, 3.8) is 0 Å². The van der Waals surface area contributed by atoms with Crippen molar-refractivity contribution in [2.24, 2.45) is 12.5 Å². The van der Waals surface area contributed by atoms with E-state index in [9.17, 15) is 19.2 Å². The molecule has 4 aromatic heterocycles. The fourth-order valence-corrected chi connectivity index (χ4v) is 7.23. The fraction of sp³-hybridized carbons (Fsp3) is 0.378. The van der Waals surface area contributed by atoms with Gasteiger partial charge in [0.15, 0.2) is 0 Å². The van der Waals surface area contributed by atoms with Gasteiger partial charge in [0, 0.05) is 56.3 Å². The molecule has 1 aliphatic carbocycles. The summed E-state index contributed by atoms with van der Waals surface area (Å²) in [4.78, 5) is 64.9. The topological polar surface area (TPSA) is 154 Å². The Labute approximate surface area is 294 Å². The molecule has 1 atom stereocenters. The van der Waals surface area contributed by atoms with Crippen molar-refractivity contribution < 1.29 is 23.9 Å². The molecule has 0 saturated carbocycles. The molecule has 0 fully saturated rings. The number of nitrogens with one attached hydrogen (secondary N) is 1. The number of pyridine rings is 2. The van der Waals surface area contributed by atoms with Crippen LogP contribution in [0.2, 0.25) is 0 Å². The molecule has 0 bridgehead atoms. The maximum absolute atomic E-state index is 14.0. The quantitative estimate of drug-likeness (QED) is 0.277. The molecule has 2 aliphatic heterocycles. The zero-order valence-electron chi connectivity index (χ0n) is 29.5. The minimum atomic E-state index is -0.494. The number of ether oxygens (including phenoxy) is 2. The summed E-state index contributed by atoms with van der Waals surface area (Å²) in [5.41, 5.74) is 5.45.